The van der Waals surface area contributed by atoms with Crippen LogP contribution < -0.4 is 4.90 Å². The van der Waals surface area contributed by atoms with Gasteiger partial charge >= 0.3 is 5.97 Å². The Morgan fingerprint density at radius 3 is 2.62 bits per heavy atom. The van der Waals surface area contributed by atoms with Crippen molar-refractivity contribution in [2.75, 3.05) is 32.1 Å². The molecule has 5 heteroatoms. The number of carboxylic acid groups (broad SMARTS) is 1. The van der Waals surface area contributed by atoms with E-state index in [0.717, 1.165) is 24.2 Å². The van der Waals surface area contributed by atoms with Crippen molar-refractivity contribution in [2.24, 2.45) is 5.92 Å². The molecule has 1 fully saturated rings. The highest BCUT2D eigenvalue weighted by molar-refractivity contribution is 5.70. The molecule has 1 aromatic carbocycles. The van der Waals surface area contributed by atoms with Crippen LogP contribution in [-0.2, 0) is 4.79 Å². The molecule has 0 spiro atoms. The number of hydrogen-bond donors (Lipinski definition) is 1. The van der Waals surface area contributed by atoms with Crippen LogP contribution >= 0.6 is 0 Å². The SMILES string of the molecule is CN(C)c1ccc(C(C#N)N2CCCC(C(=O)O)C2)cc1. The number of anilines is 1. The third-order valence-corrected chi connectivity index (χ3v) is 4.01. The van der Waals surface area contributed by atoms with Crippen LogP contribution in [0.2, 0.25) is 0 Å². The normalized spacial score (nSPS) is 20.5. The second-order valence-corrected chi connectivity index (χ2v) is 5.69. The van der Waals surface area contributed by atoms with E-state index >= 15 is 0 Å². The van der Waals surface area contributed by atoms with Gasteiger partial charge in [0.15, 0.2) is 0 Å². The quantitative estimate of drug-likeness (QED) is 0.918. The average molecular weight is 287 g/mol. The molecule has 1 saturated heterocycles. The third kappa shape index (κ3) is 3.53. The van der Waals surface area contributed by atoms with Gasteiger partial charge in [-0.25, -0.2) is 0 Å². The maximum atomic E-state index is 11.2. The van der Waals surface area contributed by atoms with Crippen LogP contribution in [0.15, 0.2) is 24.3 Å². The van der Waals surface area contributed by atoms with Gasteiger partial charge in [-0.15, -0.1) is 0 Å². The molecule has 0 bridgehead atoms. The number of carboxylic acids is 1. The Labute approximate surface area is 125 Å². The number of rotatable bonds is 4. The van der Waals surface area contributed by atoms with E-state index in [9.17, 15) is 10.1 Å². The summed E-state index contributed by atoms with van der Waals surface area (Å²) < 4.78 is 0. The van der Waals surface area contributed by atoms with Crippen molar-refractivity contribution in [3.63, 3.8) is 0 Å². The molecular weight excluding hydrogens is 266 g/mol. The number of piperidine rings is 1. The van der Waals surface area contributed by atoms with Crippen LogP contribution in [0.4, 0.5) is 5.69 Å². The number of nitriles is 1. The van der Waals surface area contributed by atoms with E-state index in [0.29, 0.717) is 13.0 Å². The van der Waals surface area contributed by atoms with Crippen molar-refractivity contribution >= 4 is 11.7 Å². The second kappa shape index (κ2) is 6.59. The van der Waals surface area contributed by atoms with Crippen molar-refractivity contribution in [3.8, 4) is 6.07 Å². The maximum Gasteiger partial charge on any atom is 0.307 e. The van der Waals surface area contributed by atoms with Crippen LogP contribution in [-0.4, -0.2) is 43.2 Å². The fourth-order valence-corrected chi connectivity index (χ4v) is 2.76. The number of carbonyl (C=O) groups is 1. The summed E-state index contributed by atoms with van der Waals surface area (Å²) in [5, 5.41) is 18.6. The molecule has 2 unspecified atom stereocenters. The van der Waals surface area contributed by atoms with Crippen molar-refractivity contribution < 1.29 is 9.90 Å². The highest BCUT2D eigenvalue weighted by Gasteiger charge is 2.30. The van der Waals surface area contributed by atoms with Gasteiger partial charge in [-0.1, -0.05) is 12.1 Å². The summed E-state index contributed by atoms with van der Waals surface area (Å²) in [5.41, 5.74) is 2.01. The molecule has 0 aliphatic carbocycles. The van der Waals surface area contributed by atoms with Crippen molar-refractivity contribution in [3.05, 3.63) is 29.8 Å². The summed E-state index contributed by atoms with van der Waals surface area (Å²) in [5.74, 6) is -1.13. The largest absolute Gasteiger partial charge is 0.481 e. The molecule has 0 amide bonds. The minimum atomic E-state index is -0.764. The first-order valence-electron chi connectivity index (χ1n) is 7.16. The summed E-state index contributed by atoms with van der Waals surface area (Å²) in [4.78, 5) is 15.1. The standard InChI is InChI=1S/C16H21N3O2/c1-18(2)14-7-5-12(6-8-14)15(10-17)19-9-3-4-13(11-19)16(20)21/h5-8,13,15H,3-4,9,11H2,1-2H3,(H,20,21). The maximum absolute atomic E-state index is 11.2. The van der Waals surface area contributed by atoms with Gasteiger partial charge in [0.05, 0.1) is 12.0 Å². The average Bonchev–Trinajstić information content (AvgIpc) is 2.49. The lowest BCUT2D eigenvalue weighted by molar-refractivity contribution is -0.143. The van der Waals surface area contributed by atoms with Crippen LogP contribution in [0.25, 0.3) is 0 Å². The fourth-order valence-electron chi connectivity index (χ4n) is 2.76. The molecule has 0 saturated carbocycles. The van der Waals surface area contributed by atoms with Gasteiger partial charge in [0.2, 0.25) is 0 Å². The number of hydrogen-bond acceptors (Lipinski definition) is 4. The monoisotopic (exact) mass is 287 g/mol. The molecule has 1 aliphatic rings. The summed E-state index contributed by atoms with van der Waals surface area (Å²) in [6.45, 7) is 1.22. The summed E-state index contributed by atoms with van der Waals surface area (Å²) >= 11 is 0. The second-order valence-electron chi connectivity index (χ2n) is 5.69. The Kier molecular flexibility index (Phi) is 4.81. The van der Waals surface area contributed by atoms with Gasteiger partial charge < -0.3 is 10.0 Å². The summed E-state index contributed by atoms with van der Waals surface area (Å²) in [6, 6.07) is 9.82. The Morgan fingerprint density at radius 1 is 1.43 bits per heavy atom. The molecule has 1 heterocycles. The topological polar surface area (TPSA) is 67.6 Å². The minimum Gasteiger partial charge on any atom is -0.481 e. The molecular formula is C16H21N3O2. The molecule has 21 heavy (non-hydrogen) atoms. The smallest absolute Gasteiger partial charge is 0.307 e. The van der Waals surface area contributed by atoms with E-state index in [4.69, 9.17) is 5.11 Å². The highest BCUT2D eigenvalue weighted by atomic mass is 16.4. The first-order valence-corrected chi connectivity index (χ1v) is 7.16. The Balaban J connectivity index is 2.15. The lowest BCUT2D eigenvalue weighted by Gasteiger charge is -2.34. The predicted molar refractivity (Wildman–Crippen MR) is 81.1 cm³/mol. The van der Waals surface area contributed by atoms with E-state index in [2.05, 4.69) is 6.07 Å². The zero-order chi connectivity index (χ0) is 15.4. The Morgan fingerprint density at radius 2 is 2.10 bits per heavy atom. The molecule has 2 atom stereocenters. The molecule has 112 valence electrons. The molecule has 2 rings (SSSR count). The molecule has 5 nitrogen and oxygen atoms in total. The van der Waals surface area contributed by atoms with E-state index in [1.165, 1.54) is 0 Å². The number of likely N-dealkylation sites (tertiary alicyclic amines) is 1. The summed E-state index contributed by atoms with van der Waals surface area (Å²) in [7, 11) is 3.94. The van der Waals surface area contributed by atoms with Gasteiger partial charge in [-0.3, -0.25) is 9.69 Å². The number of aliphatic carboxylic acids is 1. The molecule has 1 aromatic rings. The molecule has 1 N–H and O–H groups in total. The highest BCUT2D eigenvalue weighted by Crippen LogP contribution is 2.27. The lowest BCUT2D eigenvalue weighted by atomic mass is 9.95. The predicted octanol–water partition coefficient (Wildman–Crippen LogP) is 2.11. The zero-order valence-electron chi connectivity index (χ0n) is 12.5. The van der Waals surface area contributed by atoms with E-state index in [1.54, 1.807) is 0 Å². The lowest BCUT2D eigenvalue weighted by Crippen LogP contribution is -2.40. The molecule has 0 radical (unpaired) electrons. The molecule has 1 aliphatic heterocycles. The Hall–Kier alpha value is -2.06. The van der Waals surface area contributed by atoms with Crippen LogP contribution in [0, 0.1) is 17.2 Å². The van der Waals surface area contributed by atoms with Gasteiger partial charge in [-0.05, 0) is 37.1 Å². The van der Waals surface area contributed by atoms with Crippen molar-refractivity contribution in [1.29, 1.82) is 5.26 Å². The fraction of sp³-hybridized carbons (Fsp3) is 0.500. The number of benzene rings is 1. The van der Waals surface area contributed by atoms with Gasteiger partial charge in [0.1, 0.15) is 6.04 Å². The van der Waals surface area contributed by atoms with Gasteiger partial charge in [-0.2, -0.15) is 5.26 Å². The van der Waals surface area contributed by atoms with Gasteiger partial charge in [0.25, 0.3) is 0 Å². The van der Waals surface area contributed by atoms with E-state index in [1.807, 2.05) is 48.2 Å². The first-order chi connectivity index (χ1) is 10.0. The van der Waals surface area contributed by atoms with Crippen molar-refractivity contribution in [1.82, 2.24) is 4.90 Å². The number of nitrogens with zero attached hydrogens (tertiary/aromatic N) is 3. The first kappa shape index (κ1) is 15.3. The van der Waals surface area contributed by atoms with Crippen LogP contribution in [0.3, 0.4) is 0 Å². The van der Waals surface area contributed by atoms with Crippen LogP contribution in [0.5, 0.6) is 0 Å². The van der Waals surface area contributed by atoms with E-state index in [-0.39, 0.29) is 12.0 Å². The Bertz CT molecular complexity index is 533. The minimum absolute atomic E-state index is 0.365. The third-order valence-electron chi connectivity index (χ3n) is 4.01. The summed E-state index contributed by atoms with van der Waals surface area (Å²) in [6.07, 6.45) is 1.52. The van der Waals surface area contributed by atoms with Gasteiger partial charge in [0, 0.05) is 26.3 Å². The molecule has 0 aromatic heterocycles. The van der Waals surface area contributed by atoms with E-state index < -0.39 is 5.97 Å². The zero-order valence-corrected chi connectivity index (χ0v) is 12.5. The van der Waals surface area contributed by atoms with Crippen LogP contribution in [0.1, 0.15) is 24.4 Å². The van der Waals surface area contributed by atoms with Crippen molar-refractivity contribution in [2.45, 2.75) is 18.9 Å².